The number of anilines is 1. The van der Waals surface area contributed by atoms with E-state index in [2.05, 4.69) is 4.98 Å². The molecule has 1 aliphatic heterocycles. The first-order chi connectivity index (χ1) is 15.7. The Morgan fingerprint density at radius 2 is 1.82 bits per heavy atom. The number of nitrogens with two attached hydrogens (primary N) is 1. The molecule has 0 unspecified atom stereocenters. The lowest BCUT2D eigenvalue weighted by molar-refractivity contribution is -0.114. The van der Waals surface area contributed by atoms with Crippen LogP contribution in [0.3, 0.4) is 0 Å². The highest BCUT2D eigenvalue weighted by Gasteiger charge is 2.33. The molecular formula is C24H18FN3O5. The number of primary amides is 1. The van der Waals surface area contributed by atoms with Crippen LogP contribution in [0.15, 0.2) is 72.6 Å². The van der Waals surface area contributed by atoms with Crippen molar-refractivity contribution in [3.05, 3.63) is 101 Å². The first-order valence-corrected chi connectivity index (χ1v) is 9.56. The molecule has 0 radical (unpaired) electrons. The van der Waals surface area contributed by atoms with Gasteiger partial charge in [-0.1, -0.05) is 12.1 Å². The minimum Gasteiger partial charge on any atom is -0.478 e. The Kier molecular flexibility index (Phi) is 6.73. The van der Waals surface area contributed by atoms with E-state index in [4.69, 9.17) is 10.8 Å². The summed E-state index contributed by atoms with van der Waals surface area (Å²) in [5, 5.41) is 9.07. The van der Waals surface area contributed by atoms with Crippen molar-refractivity contribution in [3.63, 3.8) is 0 Å². The minimum absolute atomic E-state index is 0.0463. The first kappa shape index (κ1) is 23.0. The molecule has 8 nitrogen and oxygen atoms in total. The number of likely N-dealkylation sites (N-methyl/N-ethyl adjacent to an activating group) is 1. The third-order valence-corrected chi connectivity index (χ3v) is 4.73. The SMILES string of the molecule is CN1C(=O)/C(=C/c2cccc(F)c2)C(=O)c2cc(C(=O)O)ccc21.NC(=O)c1cccnc1. The highest BCUT2D eigenvalue weighted by atomic mass is 19.1. The van der Waals surface area contributed by atoms with Gasteiger partial charge >= 0.3 is 5.97 Å². The fraction of sp³-hybridized carbons (Fsp3) is 0.0417. The standard InChI is InChI=1S/C18H12FNO4.C6H6N2O/c1-20-15-6-5-11(18(23)24)9-13(15)16(21)14(17(20)22)8-10-3-2-4-12(19)7-10;7-6(9)5-2-1-3-8-4-5/h2-9H,1H3,(H,23,24);1-4H,(H2,7,9)/b14-8+;. The van der Waals surface area contributed by atoms with Gasteiger partial charge in [0, 0.05) is 25.0 Å². The molecule has 9 heteroatoms. The van der Waals surface area contributed by atoms with E-state index in [0.29, 0.717) is 16.8 Å². The molecule has 1 aliphatic rings. The van der Waals surface area contributed by atoms with Crippen LogP contribution < -0.4 is 10.6 Å². The van der Waals surface area contributed by atoms with Crippen molar-refractivity contribution in [2.24, 2.45) is 5.73 Å². The van der Waals surface area contributed by atoms with Crippen molar-refractivity contribution < 1.29 is 28.7 Å². The smallest absolute Gasteiger partial charge is 0.335 e. The number of amides is 2. The van der Waals surface area contributed by atoms with Crippen molar-refractivity contribution in [1.29, 1.82) is 0 Å². The Labute approximate surface area is 187 Å². The number of nitrogens with zero attached hydrogens (tertiary/aromatic N) is 2. The van der Waals surface area contributed by atoms with Crippen LogP contribution >= 0.6 is 0 Å². The molecule has 2 amide bonds. The van der Waals surface area contributed by atoms with Gasteiger partial charge in [0.05, 0.1) is 22.4 Å². The van der Waals surface area contributed by atoms with E-state index in [1.807, 2.05) is 0 Å². The predicted octanol–water partition coefficient (Wildman–Crippen LogP) is 2.95. The number of aromatic carboxylic acids is 1. The summed E-state index contributed by atoms with van der Waals surface area (Å²) in [7, 11) is 1.49. The summed E-state index contributed by atoms with van der Waals surface area (Å²) in [5.41, 5.74) is 6.03. The number of pyridine rings is 1. The molecule has 166 valence electrons. The van der Waals surface area contributed by atoms with E-state index < -0.39 is 29.4 Å². The van der Waals surface area contributed by atoms with Gasteiger partial charge in [0.1, 0.15) is 5.82 Å². The number of Topliss-reactive ketones (excluding diaryl/α,β-unsaturated/α-hetero) is 1. The van der Waals surface area contributed by atoms with Crippen LogP contribution in [0.1, 0.15) is 36.6 Å². The maximum Gasteiger partial charge on any atom is 0.335 e. The van der Waals surface area contributed by atoms with E-state index >= 15 is 0 Å². The summed E-state index contributed by atoms with van der Waals surface area (Å²) in [4.78, 5) is 51.5. The molecule has 0 fully saturated rings. The zero-order valence-electron chi connectivity index (χ0n) is 17.4. The van der Waals surface area contributed by atoms with Gasteiger partial charge in [-0.25, -0.2) is 9.18 Å². The Morgan fingerprint density at radius 1 is 1.06 bits per heavy atom. The van der Waals surface area contributed by atoms with Crippen molar-refractivity contribution in [3.8, 4) is 0 Å². The van der Waals surface area contributed by atoms with E-state index in [1.54, 1.807) is 24.4 Å². The number of carbonyl (C=O) groups is 4. The van der Waals surface area contributed by atoms with Gasteiger partial charge in [-0.3, -0.25) is 19.4 Å². The molecule has 3 N–H and O–H groups in total. The monoisotopic (exact) mass is 447 g/mol. The summed E-state index contributed by atoms with van der Waals surface area (Å²) in [6.07, 6.45) is 4.33. The number of carboxylic acid groups (broad SMARTS) is 1. The molecule has 0 saturated heterocycles. The largest absolute Gasteiger partial charge is 0.478 e. The Hall–Kier alpha value is -4.66. The maximum atomic E-state index is 13.3. The third-order valence-electron chi connectivity index (χ3n) is 4.73. The van der Waals surface area contributed by atoms with Crippen molar-refractivity contribution >= 4 is 35.3 Å². The van der Waals surface area contributed by atoms with Crippen LogP contribution in [0, 0.1) is 5.82 Å². The van der Waals surface area contributed by atoms with E-state index in [1.165, 1.54) is 60.6 Å². The van der Waals surface area contributed by atoms with Crippen LogP contribution in [-0.2, 0) is 4.79 Å². The third kappa shape index (κ3) is 5.16. The van der Waals surface area contributed by atoms with Crippen molar-refractivity contribution in [2.45, 2.75) is 0 Å². The van der Waals surface area contributed by atoms with Gasteiger partial charge in [-0.15, -0.1) is 0 Å². The molecule has 1 aromatic heterocycles. The Morgan fingerprint density at radius 3 is 2.39 bits per heavy atom. The molecule has 0 spiro atoms. The Balaban J connectivity index is 0.000000286. The molecule has 0 saturated carbocycles. The molecular weight excluding hydrogens is 429 g/mol. The van der Waals surface area contributed by atoms with Crippen LogP contribution in [0.5, 0.6) is 0 Å². The van der Waals surface area contributed by atoms with Crippen LogP contribution in [-0.4, -0.2) is 40.7 Å². The summed E-state index contributed by atoms with van der Waals surface area (Å²) < 4.78 is 13.3. The second-order valence-corrected chi connectivity index (χ2v) is 6.95. The number of benzene rings is 2. The lowest BCUT2D eigenvalue weighted by atomic mass is 9.92. The van der Waals surface area contributed by atoms with Gasteiger partial charge in [-0.05, 0) is 54.1 Å². The van der Waals surface area contributed by atoms with Crippen molar-refractivity contribution in [1.82, 2.24) is 4.98 Å². The highest BCUT2D eigenvalue weighted by Crippen LogP contribution is 2.31. The lowest BCUT2D eigenvalue weighted by Crippen LogP contribution is -2.36. The number of rotatable bonds is 3. The first-order valence-electron chi connectivity index (χ1n) is 9.56. The fourth-order valence-electron chi connectivity index (χ4n) is 3.07. The van der Waals surface area contributed by atoms with Crippen LogP contribution in [0.25, 0.3) is 6.08 Å². The van der Waals surface area contributed by atoms with E-state index in [9.17, 15) is 23.6 Å². The summed E-state index contributed by atoms with van der Waals surface area (Å²) >= 11 is 0. The summed E-state index contributed by atoms with van der Waals surface area (Å²) in [6.45, 7) is 0. The zero-order valence-corrected chi connectivity index (χ0v) is 17.4. The molecule has 0 aliphatic carbocycles. The quantitative estimate of drug-likeness (QED) is 0.469. The second kappa shape index (κ2) is 9.65. The number of fused-ring (bicyclic) bond motifs is 1. The molecule has 4 rings (SSSR count). The van der Waals surface area contributed by atoms with Gasteiger partial charge in [0.15, 0.2) is 0 Å². The van der Waals surface area contributed by atoms with Crippen LogP contribution in [0.2, 0.25) is 0 Å². The highest BCUT2D eigenvalue weighted by molar-refractivity contribution is 6.36. The van der Waals surface area contributed by atoms with Gasteiger partial charge in [-0.2, -0.15) is 0 Å². The van der Waals surface area contributed by atoms with E-state index in [0.717, 1.165) is 0 Å². The second-order valence-electron chi connectivity index (χ2n) is 6.95. The average Bonchev–Trinajstić information content (AvgIpc) is 2.81. The van der Waals surface area contributed by atoms with Gasteiger partial charge < -0.3 is 15.7 Å². The number of halogens is 1. The summed E-state index contributed by atoms with van der Waals surface area (Å²) in [6, 6.07) is 12.8. The zero-order chi connectivity index (χ0) is 24.1. The Bertz CT molecular complexity index is 1290. The number of hydrogen-bond donors (Lipinski definition) is 2. The van der Waals surface area contributed by atoms with Gasteiger partial charge in [0.25, 0.3) is 5.91 Å². The summed E-state index contributed by atoms with van der Waals surface area (Å²) in [5.74, 6) is -3.20. The predicted molar refractivity (Wildman–Crippen MR) is 118 cm³/mol. The molecule has 33 heavy (non-hydrogen) atoms. The molecule has 0 atom stereocenters. The average molecular weight is 447 g/mol. The number of aromatic nitrogens is 1. The molecule has 0 bridgehead atoms. The number of hydrogen-bond acceptors (Lipinski definition) is 5. The van der Waals surface area contributed by atoms with Crippen LogP contribution in [0.4, 0.5) is 10.1 Å². The van der Waals surface area contributed by atoms with Gasteiger partial charge in [0.2, 0.25) is 11.7 Å². The fourth-order valence-corrected chi connectivity index (χ4v) is 3.07. The maximum absolute atomic E-state index is 13.3. The molecule has 3 aromatic rings. The lowest BCUT2D eigenvalue weighted by Gasteiger charge is -2.26. The van der Waals surface area contributed by atoms with E-state index in [-0.39, 0.29) is 16.7 Å². The minimum atomic E-state index is -1.17. The normalized spacial score (nSPS) is 13.8. The number of ketones is 1. The molecule has 2 heterocycles. The number of carbonyl (C=O) groups excluding carboxylic acids is 3. The molecule has 2 aromatic carbocycles. The number of carboxylic acids is 1. The topological polar surface area (TPSA) is 131 Å². The van der Waals surface area contributed by atoms with Crippen molar-refractivity contribution in [2.75, 3.05) is 11.9 Å².